The van der Waals surface area contributed by atoms with Gasteiger partial charge in [-0.1, -0.05) is 30.3 Å². The predicted molar refractivity (Wildman–Crippen MR) is 95.6 cm³/mol. The van der Waals surface area contributed by atoms with E-state index in [-0.39, 0.29) is 31.3 Å². The molecule has 0 saturated carbocycles. The van der Waals surface area contributed by atoms with Crippen LogP contribution in [0, 0.1) is 0 Å². The van der Waals surface area contributed by atoms with Crippen molar-refractivity contribution in [1.82, 2.24) is 15.5 Å². The minimum atomic E-state index is -0.470. The Morgan fingerprint density at radius 1 is 1.15 bits per heavy atom. The second-order valence-corrected chi connectivity index (χ2v) is 6.06. The molecule has 1 heterocycles. The lowest BCUT2D eigenvalue weighted by atomic mass is 10.1. The number of hydrogen-bond donors (Lipinski definition) is 2. The van der Waals surface area contributed by atoms with Crippen LogP contribution in [0.1, 0.15) is 18.4 Å². The average molecular weight is 365 g/mol. The van der Waals surface area contributed by atoms with Crippen LogP contribution in [0.25, 0.3) is 0 Å². The molecular formula is C18H27N3O5. The highest BCUT2D eigenvalue weighted by molar-refractivity contribution is 5.74. The van der Waals surface area contributed by atoms with Crippen molar-refractivity contribution >= 4 is 12.1 Å². The number of carbonyl (C=O) groups excluding carboxylic acids is 2. The summed E-state index contributed by atoms with van der Waals surface area (Å²) in [6.45, 7) is 1.64. The molecule has 0 bridgehead atoms. The molecule has 1 fully saturated rings. The number of ether oxygens (including phenoxy) is 3. The van der Waals surface area contributed by atoms with Crippen LogP contribution in [-0.2, 0) is 20.8 Å². The third-order valence-electron chi connectivity index (χ3n) is 4.25. The van der Waals surface area contributed by atoms with Gasteiger partial charge in [0.15, 0.2) is 6.29 Å². The number of nitrogens with zero attached hydrogens (tertiary/aromatic N) is 1. The van der Waals surface area contributed by atoms with Crippen molar-refractivity contribution in [2.75, 3.05) is 33.9 Å². The van der Waals surface area contributed by atoms with Gasteiger partial charge < -0.3 is 29.7 Å². The van der Waals surface area contributed by atoms with Gasteiger partial charge in [0.05, 0.1) is 6.54 Å². The van der Waals surface area contributed by atoms with E-state index in [1.165, 1.54) is 14.2 Å². The Labute approximate surface area is 153 Å². The summed E-state index contributed by atoms with van der Waals surface area (Å²) in [7, 11) is 3.03. The topological polar surface area (TPSA) is 89.1 Å². The maximum absolute atomic E-state index is 12.1. The summed E-state index contributed by atoms with van der Waals surface area (Å²) in [6.07, 6.45) is 0.583. The van der Waals surface area contributed by atoms with Crippen LogP contribution in [0.2, 0.25) is 0 Å². The summed E-state index contributed by atoms with van der Waals surface area (Å²) in [5, 5.41) is 5.60. The van der Waals surface area contributed by atoms with Gasteiger partial charge in [-0.25, -0.2) is 9.59 Å². The lowest BCUT2D eigenvalue weighted by molar-refractivity contribution is -0.0972. The van der Waals surface area contributed by atoms with Gasteiger partial charge in [-0.15, -0.1) is 0 Å². The van der Waals surface area contributed by atoms with Gasteiger partial charge in [-0.2, -0.15) is 0 Å². The number of amides is 3. The van der Waals surface area contributed by atoms with E-state index >= 15 is 0 Å². The van der Waals surface area contributed by atoms with Gasteiger partial charge in [0.2, 0.25) is 0 Å². The number of rotatable bonds is 7. The van der Waals surface area contributed by atoms with Crippen molar-refractivity contribution in [1.29, 1.82) is 0 Å². The van der Waals surface area contributed by atoms with E-state index < -0.39 is 6.29 Å². The fourth-order valence-electron chi connectivity index (χ4n) is 2.69. The number of hydrogen-bond acceptors (Lipinski definition) is 5. The summed E-state index contributed by atoms with van der Waals surface area (Å²) in [4.78, 5) is 25.7. The molecule has 8 nitrogen and oxygen atoms in total. The molecule has 1 saturated heterocycles. The predicted octanol–water partition coefficient (Wildman–Crippen LogP) is 1.71. The van der Waals surface area contributed by atoms with Crippen molar-refractivity contribution in [2.24, 2.45) is 0 Å². The third-order valence-corrected chi connectivity index (χ3v) is 4.25. The molecule has 3 amide bonds. The summed E-state index contributed by atoms with van der Waals surface area (Å²) in [5.74, 6) is 0. The summed E-state index contributed by atoms with van der Waals surface area (Å²) >= 11 is 0. The second-order valence-electron chi connectivity index (χ2n) is 6.06. The Balaban J connectivity index is 1.65. The molecule has 1 aliphatic rings. The van der Waals surface area contributed by atoms with E-state index in [0.29, 0.717) is 25.9 Å². The van der Waals surface area contributed by atoms with Crippen LogP contribution < -0.4 is 10.6 Å². The van der Waals surface area contributed by atoms with Crippen LogP contribution in [0.3, 0.4) is 0 Å². The first-order valence-corrected chi connectivity index (χ1v) is 8.68. The number of carbonyl (C=O) groups is 2. The molecule has 144 valence electrons. The van der Waals surface area contributed by atoms with E-state index in [0.717, 1.165) is 5.56 Å². The molecule has 1 aromatic carbocycles. The molecule has 0 aliphatic carbocycles. The van der Waals surface area contributed by atoms with Crippen molar-refractivity contribution in [2.45, 2.75) is 31.8 Å². The van der Waals surface area contributed by atoms with Crippen LogP contribution in [0.15, 0.2) is 30.3 Å². The largest absolute Gasteiger partial charge is 0.445 e. The minimum Gasteiger partial charge on any atom is -0.445 e. The van der Waals surface area contributed by atoms with Gasteiger partial charge >= 0.3 is 12.1 Å². The van der Waals surface area contributed by atoms with Crippen molar-refractivity contribution in [3.05, 3.63) is 35.9 Å². The molecule has 2 N–H and O–H groups in total. The molecule has 1 aromatic rings. The molecule has 0 unspecified atom stereocenters. The number of benzene rings is 1. The maximum Gasteiger partial charge on any atom is 0.410 e. The maximum atomic E-state index is 12.1. The number of nitrogens with one attached hydrogen (secondary N) is 2. The number of methoxy groups -OCH3 is 2. The third kappa shape index (κ3) is 6.53. The highest BCUT2D eigenvalue weighted by atomic mass is 16.7. The molecule has 1 aliphatic heterocycles. The molecule has 2 rings (SSSR count). The van der Waals surface area contributed by atoms with Crippen molar-refractivity contribution in [3.8, 4) is 0 Å². The van der Waals surface area contributed by atoms with Gasteiger partial charge in [-0.3, -0.25) is 0 Å². The average Bonchev–Trinajstić information content (AvgIpc) is 2.68. The standard InChI is InChI=1S/C18H27N3O5/c1-24-16(25-2)12-19-17(22)20-15-8-10-21(11-9-15)18(23)26-13-14-6-4-3-5-7-14/h3-7,15-16H,8-13H2,1-2H3,(H2,19,20,22). The van der Waals surface area contributed by atoms with E-state index in [9.17, 15) is 9.59 Å². The second kappa shape index (κ2) is 10.6. The van der Waals surface area contributed by atoms with Gasteiger partial charge in [0.1, 0.15) is 6.61 Å². The monoisotopic (exact) mass is 365 g/mol. The van der Waals surface area contributed by atoms with Gasteiger partial charge in [0, 0.05) is 33.4 Å². The van der Waals surface area contributed by atoms with Crippen molar-refractivity contribution < 1.29 is 23.8 Å². The van der Waals surface area contributed by atoms with E-state index in [4.69, 9.17) is 14.2 Å². The summed E-state index contributed by atoms with van der Waals surface area (Å²) in [6, 6.07) is 9.33. The van der Waals surface area contributed by atoms with Crippen LogP contribution in [0.4, 0.5) is 9.59 Å². The van der Waals surface area contributed by atoms with Gasteiger partial charge in [0.25, 0.3) is 0 Å². The molecule has 0 spiro atoms. The molecule has 0 atom stereocenters. The summed E-state index contributed by atoms with van der Waals surface area (Å²) in [5.41, 5.74) is 0.958. The van der Waals surface area contributed by atoms with E-state index in [2.05, 4.69) is 10.6 Å². The molecule has 0 radical (unpaired) electrons. The Morgan fingerprint density at radius 2 is 1.81 bits per heavy atom. The zero-order chi connectivity index (χ0) is 18.8. The zero-order valence-electron chi connectivity index (χ0n) is 15.3. The first-order chi connectivity index (χ1) is 12.6. The zero-order valence-corrected chi connectivity index (χ0v) is 15.3. The first-order valence-electron chi connectivity index (χ1n) is 8.68. The number of likely N-dealkylation sites (tertiary alicyclic amines) is 1. The Kier molecular flexibility index (Phi) is 8.17. The number of urea groups is 1. The van der Waals surface area contributed by atoms with Crippen LogP contribution >= 0.6 is 0 Å². The first kappa shape index (κ1) is 20.0. The number of piperidine rings is 1. The molecular weight excluding hydrogens is 338 g/mol. The fraction of sp³-hybridized carbons (Fsp3) is 0.556. The lowest BCUT2D eigenvalue weighted by Gasteiger charge is -2.31. The quantitative estimate of drug-likeness (QED) is 0.718. The molecule has 0 aromatic heterocycles. The lowest BCUT2D eigenvalue weighted by Crippen LogP contribution is -2.50. The summed E-state index contributed by atoms with van der Waals surface area (Å²) < 4.78 is 15.4. The minimum absolute atomic E-state index is 0.0247. The smallest absolute Gasteiger partial charge is 0.410 e. The SMILES string of the molecule is COC(CNC(=O)NC1CCN(C(=O)OCc2ccccc2)CC1)OC. The Morgan fingerprint density at radius 3 is 2.42 bits per heavy atom. The van der Waals surface area contributed by atoms with E-state index in [1.807, 2.05) is 30.3 Å². The Hall–Kier alpha value is -2.32. The van der Waals surface area contributed by atoms with E-state index in [1.54, 1.807) is 4.90 Å². The van der Waals surface area contributed by atoms with Gasteiger partial charge in [-0.05, 0) is 18.4 Å². The molecule has 8 heteroatoms. The highest BCUT2D eigenvalue weighted by Crippen LogP contribution is 2.12. The van der Waals surface area contributed by atoms with Crippen molar-refractivity contribution in [3.63, 3.8) is 0 Å². The molecule has 26 heavy (non-hydrogen) atoms. The fourth-order valence-corrected chi connectivity index (χ4v) is 2.69. The van der Waals surface area contributed by atoms with Crippen LogP contribution in [-0.4, -0.2) is 63.2 Å². The van der Waals surface area contributed by atoms with Crippen LogP contribution in [0.5, 0.6) is 0 Å². The normalized spacial score (nSPS) is 15.0. The Bertz CT molecular complexity index is 557. The highest BCUT2D eigenvalue weighted by Gasteiger charge is 2.24.